The van der Waals surface area contributed by atoms with E-state index in [1.807, 2.05) is 20.8 Å². The summed E-state index contributed by atoms with van der Waals surface area (Å²) in [6.07, 6.45) is -2.42. The smallest absolute Gasteiger partial charge is 0.263 e. The normalized spacial score (nSPS) is 11.9. The van der Waals surface area contributed by atoms with Crippen LogP contribution in [0.25, 0.3) is 0 Å². The molecule has 0 saturated carbocycles. The van der Waals surface area contributed by atoms with Crippen LogP contribution in [0.3, 0.4) is 0 Å². The van der Waals surface area contributed by atoms with Crippen LogP contribution in [0.5, 0.6) is 5.75 Å². The number of hydrogen-bond acceptors (Lipinski definition) is 1. The third kappa shape index (κ3) is 3.32. The van der Waals surface area contributed by atoms with E-state index in [-0.39, 0.29) is 11.2 Å². The number of ether oxygens (including phenoxy) is 1. The van der Waals surface area contributed by atoms with E-state index < -0.39 is 6.43 Å². The van der Waals surface area contributed by atoms with Crippen molar-refractivity contribution in [3.05, 3.63) is 29.8 Å². The van der Waals surface area contributed by atoms with Gasteiger partial charge in [0.15, 0.2) is 0 Å². The molecular formula is C11H14F2O. The zero-order valence-corrected chi connectivity index (χ0v) is 8.55. The van der Waals surface area contributed by atoms with Crippen molar-refractivity contribution < 1.29 is 13.5 Å². The third-order valence-electron chi connectivity index (χ3n) is 1.56. The monoisotopic (exact) mass is 200 g/mol. The van der Waals surface area contributed by atoms with Crippen LogP contribution < -0.4 is 4.74 Å². The van der Waals surface area contributed by atoms with Gasteiger partial charge in [0.05, 0.1) is 0 Å². The lowest BCUT2D eigenvalue weighted by Gasteiger charge is -2.21. The molecule has 1 aromatic rings. The van der Waals surface area contributed by atoms with Gasteiger partial charge in [0, 0.05) is 5.56 Å². The molecule has 0 N–H and O–H groups in total. The minimum absolute atomic E-state index is 0.0197. The molecule has 0 bridgehead atoms. The minimum atomic E-state index is -2.42. The lowest BCUT2D eigenvalue weighted by molar-refractivity contribution is 0.130. The maximum atomic E-state index is 12.2. The van der Waals surface area contributed by atoms with Gasteiger partial charge in [-0.3, -0.25) is 0 Å². The Hall–Kier alpha value is -1.12. The van der Waals surface area contributed by atoms with Crippen LogP contribution in [0, 0.1) is 0 Å². The molecule has 1 nitrogen and oxygen atoms in total. The van der Waals surface area contributed by atoms with E-state index in [4.69, 9.17) is 4.74 Å². The summed E-state index contributed by atoms with van der Waals surface area (Å²) in [6, 6.07) is 5.89. The highest BCUT2D eigenvalue weighted by molar-refractivity contribution is 5.28. The molecule has 0 unspecified atom stereocenters. The first-order chi connectivity index (χ1) is 6.38. The molecule has 14 heavy (non-hydrogen) atoms. The Morgan fingerprint density at radius 2 is 1.57 bits per heavy atom. The highest BCUT2D eigenvalue weighted by atomic mass is 19.3. The molecule has 3 heteroatoms. The molecule has 0 heterocycles. The van der Waals surface area contributed by atoms with Crippen molar-refractivity contribution in [1.82, 2.24) is 0 Å². The number of benzene rings is 1. The van der Waals surface area contributed by atoms with Gasteiger partial charge < -0.3 is 4.74 Å². The van der Waals surface area contributed by atoms with Crippen LogP contribution in [0.4, 0.5) is 8.78 Å². The van der Waals surface area contributed by atoms with Crippen LogP contribution in [0.1, 0.15) is 32.8 Å². The maximum absolute atomic E-state index is 12.2. The molecule has 0 aliphatic rings. The first kappa shape index (κ1) is 11.0. The second-order valence-corrected chi connectivity index (χ2v) is 4.08. The van der Waals surface area contributed by atoms with Crippen LogP contribution in [0.2, 0.25) is 0 Å². The van der Waals surface area contributed by atoms with Gasteiger partial charge >= 0.3 is 0 Å². The Labute approximate surface area is 82.7 Å². The molecule has 0 saturated heterocycles. The Bertz CT molecular complexity index is 285. The second-order valence-electron chi connectivity index (χ2n) is 4.08. The van der Waals surface area contributed by atoms with Gasteiger partial charge in [0.1, 0.15) is 11.4 Å². The van der Waals surface area contributed by atoms with Gasteiger partial charge in [-0.2, -0.15) is 0 Å². The Balaban J connectivity index is 2.74. The summed E-state index contributed by atoms with van der Waals surface area (Å²) in [7, 11) is 0. The molecule has 0 aliphatic carbocycles. The SMILES string of the molecule is CC(C)(C)Oc1ccc(C(F)F)cc1. The summed E-state index contributed by atoms with van der Waals surface area (Å²) in [5.41, 5.74) is -0.280. The molecule has 0 radical (unpaired) electrons. The fraction of sp³-hybridized carbons (Fsp3) is 0.455. The van der Waals surface area contributed by atoms with Crippen molar-refractivity contribution in [2.45, 2.75) is 32.8 Å². The van der Waals surface area contributed by atoms with E-state index in [0.29, 0.717) is 5.75 Å². The molecule has 0 spiro atoms. The van der Waals surface area contributed by atoms with E-state index in [1.54, 1.807) is 12.1 Å². The van der Waals surface area contributed by atoms with Gasteiger partial charge in [0.2, 0.25) is 0 Å². The summed E-state index contributed by atoms with van der Waals surface area (Å²) in [5.74, 6) is 0.613. The van der Waals surface area contributed by atoms with Crippen molar-refractivity contribution >= 4 is 0 Å². The van der Waals surface area contributed by atoms with Crippen LogP contribution in [-0.2, 0) is 0 Å². The van der Waals surface area contributed by atoms with Crippen molar-refractivity contribution in [2.75, 3.05) is 0 Å². The topological polar surface area (TPSA) is 9.23 Å². The van der Waals surface area contributed by atoms with Gasteiger partial charge in [-0.25, -0.2) is 8.78 Å². The molecule has 1 aromatic carbocycles. The fourth-order valence-electron chi connectivity index (χ4n) is 1.03. The van der Waals surface area contributed by atoms with Crippen LogP contribution in [0.15, 0.2) is 24.3 Å². The first-order valence-electron chi connectivity index (χ1n) is 4.45. The zero-order chi connectivity index (χ0) is 10.8. The third-order valence-corrected chi connectivity index (χ3v) is 1.56. The van der Waals surface area contributed by atoms with Crippen molar-refractivity contribution in [3.63, 3.8) is 0 Å². The van der Waals surface area contributed by atoms with Gasteiger partial charge in [-0.1, -0.05) is 0 Å². The molecular weight excluding hydrogens is 186 g/mol. The first-order valence-corrected chi connectivity index (χ1v) is 4.45. The predicted molar refractivity (Wildman–Crippen MR) is 51.8 cm³/mol. The summed E-state index contributed by atoms with van der Waals surface area (Å²) in [4.78, 5) is 0. The average molecular weight is 200 g/mol. The van der Waals surface area contributed by atoms with E-state index in [0.717, 1.165) is 0 Å². The van der Waals surface area contributed by atoms with E-state index >= 15 is 0 Å². The molecule has 0 aromatic heterocycles. The molecule has 78 valence electrons. The maximum Gasteiger partial charge on any atom is 0.263 e. The number of hydrogen-bond donors (Lipinski definition) is 0. The standard InChI is InChI=1S/C11H14F2O/c1-11(2,3)14-9-6-4-8(5-7-9)10(12)13/h4-7,10H,1-3H3. The van der Waals surface area contributed by atoms with E-state index in [1.165, 1.54) is 12.1 Å². The highest BCUT2D eigenvalue weighted by Gasteiger charge is 2.12. The minimum Gasteiger partial charge on any atom is -0.488 e. The van der Waals surface area contributed by atoms with E-state index in [2.05, 4.69) is 0 Å². The highest BCUT2D eigenvalue weighted by Crippen LogP contribution is 2.23. The summed E-state index contributed by atoms with van der Waals surface area (Å²) in [6.45, 7) is 5.73. The molecule has 0 aliphatic heterocycles. The Kier molecular flexibility index (Phi) is 3.09. The second kappa shape index (κ2) is 3.95. The lowest BCUT2D eigenvalue weighted by Crippen LogP contribution is -2.22. The summed E-state index contributed by atoms with van der Waals surface area (Å²) in [5, 5.41) is 0. The van der Waals surface area contributed by atoms with Crippen molar-refractivity contribution in [2.24, 2.45) is 0 Å². The summed E-state index contributed by atoms with van der Waals surface area (Å²) < 4.78 is 29.9. The lowest BCUT2D eigenvalue weighted by atomic mass is 10.2. The molecule has 0 fully saturated rings. The van der Waals surface area contributed by atoms with E-state index in [9.17, 15) is 8.78 Å². The number of alkyl halides is 2. The van der Waals surface area contributed by atoms with Gasteiger partial charge in [0.25, 0.3) is 6.43 Å². The molecule has 0 atom stereocenters. The molecule has 1 rings (SSSR count). The quantitative estimate of drug-likeness (QED) is 0.705. The average Bonchev–Trinajstić information content (AvgIpc) is 2.02. The predicted octanol–water partition coefficient (Wildman–Crippen LogP) is 3.80. The summed E-state index contributed by atoms with van der Waals surface area (Å²) >= 11 is 0. The fourth-order valence-corrected chi connectivity index (χ4v) is 1.03. The van der Waals surface area contributed by atoms with Crippen molar-refractivity contribution in [3.8, 4) is 5.75 Å². The van der Waals surface area contributed by atoms with Gasteiger partial charge in [-0.05, 0) is 45.0 Å². The zero-order valence-electron chi connectivity index (χ0n) is 8.55. The molecule has 0 amide bonds. The number of halogens is 2. The number of rotatable bonds is 2. The van der Waals surface area contributed by atoms with Gasteiger partial charge in [-0.15, -0.1) is 0 Å². The Morgan fingerprint density at radius 3 is 1.93 bits per heavy atom. The van der Waals surface area contributed by atoms with Crippen LogP contribution >= 0.6 is 0 Å². The Morgan fingerprint density at radius 1 is 1.07 bits per heavy atom. The van der Waals surface area contributed by atoms with Crippen LogP contribution in [-0.4, -0.2) is 5.60 Å². The largest absolute Gasteiger partial charge is 0.488 e. The van der Waals surface area contributed by atoms with Crippen molar-refractivity contribution in [1.29, 1.82) is 0 Å².